The van der Waals surface area contributed by atoms with Crippen LogP contribution in [0.3, 0.4) is 0 Å². The van der Waals surface area contributed by atoms with E-state index >= 15 is 0 Å². The van der Waals surface area contributed by atoms with E-state index < -0.39 is 12.0 Å². The molecule has 1 aromatic rings. The molecule has 0 bridgehead atoms. The van der Waals surface area contributed by atoms with Gasteiger partial charge in [0, 0.05) is 0 Å². The van der Waals surface area contributed by atoms with Gasteiger partial charge in [-0.2, -0.15) is 0 Å². The molecule has 1 aromatic carbocycles. The molecule has 1 unspecified atom stereocenters. The topological polar surface area (TPSA) is 63.3 Å². The first-order valence-electron chi connectivity index (χ1n) is 3.82. The van der Waals surface area contributed by atoms with E-state index in [-0.39, 0.29) is 41.8 Å². The van der Waals surface area contributed by atoms with Crippen LogP contribution in [0.2, 0.25) is 0 Å². The Labute approximate surface area is 103 Å². The molecule has 0 radical (unpaired) electrons. The average molecular weight is 207 g/mol. The number of aliphatic carboxylic acids is 1. The van der Waals surface area contributed by atoms with Crippen LogP contribution in [0.1, 0.15) is 5.56 Å². The monoisotopic (exact) mass is 207 g/mol. The van der Waals surface area contributed by atoms with Crippen molar-refractivity contribution in [3.05, 3.63) is 35.6 Å². The molecule has 1 rings (SSSR count). The third-order valence-electron chi connectivity index (χ3n) is 1.69. The Balaban J connectivity index is 0.00000169. The van der Waals surface area contributed by atoms with Gasteiger partial charge in [-0.1, -0.05) is 12.1 Å². The van der Waals surface area contributed by atoms with Gasteiger partial charge in [0.1, 0.15) is 11.9 Å². The summed E-state index contributed by atoms with van der Waals surface area (Å²) in [5.74, 6) is -1.39. The van der Waals surface area contributed by atoms with Crippen LogP contribution in [0.25, 0.3) is 0 Å². The fourth-order valence-corrected chi connectivity index (χ4v) is 0.962. The summed E-state index contributed by atoms with van der Waals surface area (Å²) < 4.78 is 12.4. The second-order valence-electron chi connectivity index (χ2n) is 2.78. The molecule has 0 spiro atoms. The normalized spacial score (nSPS) is 11.6. The third-order valence-corrected chi connectivity index (χ3v) is 1.69. The van der Waals surface area contributed by atoms with Crippen molar-refractivity contribution < 1.29 is 14.3 Å². The maximum atomic E-state index is 12.4. The predicted octanol–water partition coefficient (Wildman–Crippen LogP) is 0.132. The first kappa shape index (κ1) is 13.6. The molecule has 14 heavy (non-hydrogen) atoms. The van der Waals surface area contributed by atoms with Crippen molar-refractivity contribution in [2.24, 2.45) is 5.73 Å². The summed E-state index contributed by atoms with van der Waals surface area (Å²) in [5.41, 5.74) is 6.01. The van der Waals surface area contributed by atoms with Crippen molar-refractivity contribution in [2.75, 3.05) is 0 Å². The number of nitrogens with two attached hydrogens (primary N) is 1. The van der Waals surface area contributed by atoms with E-state index in [1.165, 1.54) is 24.3 Å². The predicted molar refractivity (Wildman–Crippen MR) is 52.9 cm³/mol. The summed E-state index contributed by atoms with van der Waals surface area (Å²) >= 11 is 0. The maximum absolute atomic E-state index is 12.4. The molecule has 0 saturated carbocycles. The van der Waals surface area contributed by atoms with Gasteiger partial charge in [0.05, 0.1) is 0 Å². The van der Waals surface area contributed by atoms with Crippen LogP contribution in [-0.4, -0.2) is 46.7 Å². The van der Waals surface area contributed by atoms with Crippen LogP contribution < -0.4 is 5.73 Å². The molecular formula is C9H11FNNaO2. The standard InChI is InChI=1S/C9H10FNO2.Na.H/c10-7-3-1-6(2-4-7)5-8(11)9(12)13;;/h1-4,8H,5,11H2,(H,12,13);;. The molecular weight excluding hydrogens is 196 g/mol. The van der Waals surface area contributed by atoms with Crippen LogP contribution in [0, 0.1) is 5.82 Å². The molecule has 5 heteroatoms. The Kier molecular flexibility index (Phi) is 5.95. The molecule has 0 amide bonds. The second-order valence-corrected chi connectivity index (χ2v) is 2.78. The number of carboxylic acids is 1. The Hall–Kier alpha value is -0.420. The van der Waals surface area contributed by atoms with Gasteiger partial charge >= 0.3 is 35.5 Å². The van der Waals surface area contributed by atoms with Crippen LogP contribution in [-0.2, 0) is 11.2 Å². The Bertz CT molecular complexity index is 302. The van der Waals surface area contributed by atoms with E-state index in [9.17, 15) is 9.18 Å². The summed E-state index contributed by atoms with van der Waals surface area (Å²) in [6, 6.07) is 4.69. The molecule has 3 nitrogen and oxygen atoms in total. The number of carboxylic acid groups (broad SMARTS) is 1. The Morgan fingerprint density at radius 3 is 2.36 bits per heavy atom. The van der Waals surface area contributed by atoms with Crippen molar-refractivity contribution >= 4 is 35.5 Å². The van der Waals surface area contributed by atoms with Gasteiger partial charge in [-0.05, 0) is 24.1 Å². The number of hydrogen-bond donors (Lipinski definition) is 2. The van der Waals surface area contributed by atoms with Gasteiger partial charge < -0.3 is 10.8 Å². The van der Waals surface area contributed by atoms with Gasteiger partial charge in [0.15, 0.2) is 0 Å². The second kappa shape index (κ2) is 6.14. The van der Waals surface area contributed by atoms with Crippen molar-refractivity contribution in [1.82, 2.24) is 0 Å². The fraction of sp³-hybridized carbons (Fsp3) is 0.222. The first-order chi connectivity index (χ1) is 6.09. The van der Waals surface area contributed by atoms with E-state index in [0.29, 0.717) is 0 Å². The molecule has 1 atom stereocenters. The van der Waals surface area contributed by atoms with Gasteiger partial charge in [0.25, 0.3) is 0 Å². The third kappa shape index (κ3) is 4.19. The summed E-state index contributed by atoms with van der Waals surface area (Å²) in [6.07, 6.45) is 0.218. The molecule has 0 heterocycles. The molecule has 72 valence electrons. The molecule has 0 aliphatic rings. The number of carbonyl (C=O) groups is 1. The van der Waals surface area contributed by atoms with Gasteiger partial charge in [-0.15, -0.1) is 0 Å². The van der Waals surface area contributed by atoms with E-state index in [0.717, 1.165) is 5.56 Å². The molecule has 0 aromatic heterocycles. The van der Waals surface area contributed by atoms with Crippen LogP contribution in [0.5, 0.6) is 0 Å². The van der Waals surface area contributed by atoms with E-state index in [2.05, 4.69) is 0 Å². The first-order valence-corrected chi connectivity index (χ1v) is 3.82. The molecule has 0 aliphatic carbocycles. The van der Waals surface area contributed by atoms with E-state index in [1.54, 1.807) is 0 Å². The quantitative estimate of drug-likeness (QED) is 0.692. The number of benzene rings is 1. The molecule has 3 N–H and O–H groups in total. The SMILES string of the molecule is NC(Cc1ccc(F)cc1)C(=O)O.[NaH]. The van der Waals surface area contributed by atoms with Gasteiger partial charge in [-0.25, -0.2) is 4.39 Å². The van der Waals surface area contributed by atoms with Gasteiger partial charge in [0.2, 0.25) is 0 Å². The van der Waals surface area contributed by atoms with E-state index in [1.807, 2.05) is 0 Å². The van der Waals surface area contributed by atoms with Crippen molar-refractivity contribution in [1.29, 1.82) is 0 Å². The Morgan fingerprint density at radius 2 is 1.93 bits per heavy atom. The minimum absolute atomic E-state index is 0. The number of rotatable bonds is 3. The van der Waals surface area contributed by atoms with Crippen LogP contribution in [0.4, 0.5) is 4.39 Å². The average Bonchev–Trinajstić information content (AvgIpc) is 2.08. The number of halogens is 1. The summed E-state index contributed by atoms with van der Waals surface area (Å²) in [7, 11) is 0. The molecule has 0 fully saturated rings. The van der Waals surface area contributed by atoms with E-state index in [4.69, 9.17) is 10.8 Å². The van der Waals surface area contributed by atoms with Crippen molar-refractivity contribution in [3.63, 3.8) is 0 Å². The van der Waals surface area contributed by atoms with Crippen LogP contribution in [0.15, 0.2) is 24.3 Å². The summed E-state index contributed by atoms with van der Waals surface area (Å²) in [4.78, 5) is 10.4. The zero-order valence-electron chi connectivity index (χ0n) is 6.90. The Morgan fingerprint density at radius 1 is 1.43 bits per heavy atom. The van der Waals surface area contributed by atoms with Gasteiger partial charge in [-0.3, -0.25) is 4.79 Å². The van der Waals surface area contributed by atoms with Crippen LogP contribution >= 0.6 is 0 Å². The minimum atomic E-state index is -1.05. The van der Waals surface area contributed by atoms with Crippen molar-refractivity contribution in [2.45, 2.75) is 12.5 Å². The molecule has 0 saturated heterocycles. The van der Waals surface area contributed by atoms with Crippen molar-refractivity contribution in [3.8, 4) is 0 Å². The molecule has 0 aliphatic heterocycles. The fourth-order valence-electron chi connectivity index (χ4n) is 0.962. The summed E-state index contributed by atoms with van der Waals surface area (Å²) in [6.45, 7) is 0. The zero-order valence-corrected chi connectivity index (χ0v) is 6.90. The zero-order chi connectivity index (χ0) is 9.84. The number of hydrogen-bond acceptors (Lipinski definition) is 2. The summed E-state index contributed by atoms with van der Waals surface area (Å²) in [5, 5.41) is 8.50.